The van der Waals surface area contributed by atoms with Crippen LogP contribution in [0.25, 0.3) is 17.8 Å². The van der Waals surface area contributed by atoms with Crippen molar-refractivity contribution in [2.75, 3.05) is 30.4 Å². The molecule has 1 saturated heterocycles. The summed E-state index contributed by atoms with van der Waals surface area (Å²) in [6, 6.07) is 15.7. The van der Waals surface area contributed by atoms with Crippen molar-refractivity contribution >= 4 is 58.1 Å². The van der Waals surface area contributed by atoms with Crippen LogP contribution in [0.2, 0.25) is 0 Å². The van der Waals surface area contributed by atoms with Crippen molar-refractivity contribution in [1.29, 1.82) is 0 Å². The predicted molar refractivity (Wildman–Crippen MR) is 219 cm³/mol. The topological polar surface area (TPSA) is 215 Å². The van der Waals surface area contributed by atoms with Gasteiger partial charge in [-0.05, 0) is 65.2 Å². The Kier molecular flexibility index (Phi) is 12.2. The molecule has 0 radical (unpaired) electrons. The third-order valence-electron chi connectivity index (χ3n) is 9.75. The maximum atomic E-state index is 14.4. The fourth-order valence-corrected chi connectivity index (χ4v) is 7.50. The van der Waals surface area contributed by atoms with E-state index >= 15 is 0 Å². The zero-order valence-electron chi connectivity index (χ0n) is 33.4. The van der Waals surface area contributed by atoms with Crippen molar-refractivity contribution in [3.05, 3.63) is 117 Å². The third kappa shape index (κ3) is 9.80. The first-order valence-electron chi connectivity index (χ1n) is 19.1. The number of nitrogens with one attached hydrogen (secondary N) is 2. The van der Waals surface area contributed by atoms with Crippen molar-refractivity contribution in [1.82, 2.24) is 39.9 Å². The van der Waals surface area contributed by atoms with Gasteiger partial charge in [0.1, 0.15) is 35.8 Å². The van der Waals surface area contributed by atoms with E-state index in [1.807, 2.05) is 55.3 Å². The standard InChI is InChI=1S/C41H43N11O7S/c1-41(2,3)32-25-60-39(43-32)45-37(55)27-16-19-51-34(20-27)44-36(31(38(51)56)14-15-33-46-47-48-52(33)22-26-10-12-29(58-4)13-11-26)50-18-7-9-30(23-50)59-40(57)42-21-28-8-5-6-17-49(28)24-35(53)54/h5-6,8,10-17,19-20,25,30H,7,9,18,21-24H2,1-4H3,(H2-,42,43,45,53,54,55,57)/b15-14+/t30-/m1/s1. The van der Waals surface area contributed by atoms with Crippen LogP contribution in [0.1, 0.15) is 72.3 Å². The molecule has 7 rings (SSSR count). The highest BCUT2D eigenvalue weighted by atomic mass is 32.1. The molecule has 2 amide bonds. The summed E-state index contributed by atoms with van der Waals surface area (Å²) in [6.45, 7) is 6.85. The van der Waals surface area contributed by atoms with E-state index in [4.69, 9.17) is 14.5 Å². The number of rotatable bonds is 13. The minimum Gasteiger partial charge on any atom is -0.544 e. The molecule has 1 aromatic carbocycles. The quantitative estimate of drug-likeness (QED) is 0.160. The van der Waals surface area contributed by atoms with Gasteiger partial charge >= 0.3 is 6.09 Å². The van der Waals surface area contributed by atoms with Crippen LogP contribution in [0, 0.1) is 0 Å². The Labute approximate surface area is 348 Å². The average Bonchev–Trinajstić information content (AvgIpc) is 3.90. The number of benzene rings is 1. The van der Waals surface area contributed by atoms with Crippen LogP contribution in [0.15, 0.2) is 77.2 Å². The number of carbonyl (C=O) groups is 3. The molecule has 0 bridgehead atoms. The van der Waals surface area contributed by atoms with Crippen molar-refractivity contribution in [3.8, 4) is 5.75 Å². The van der Waals surface area contributed by atoms with Gasteiger partial charge in [0.2, 0.25) is 5.69 Å². The molecule has 18 nitrogen and oxygen atoms in total. The lowest BCUT2D eigenvalue weighted by Gasteiger charge is -2.33. The van der Waals surface area contributed by atoms with E-state index in [2.05, 4.69) is 31.1 Å². The van der Waals surface area contributed by atoms with E-state index in [1.54, 1.807) is 60.5 Å². The van der Waals surface area contributed by atoms with Gasteiger partial charge in [-0.2, -0.15) is 4.57 Å². The van der Waals surface area contributed by atoms with E-state index in [1.165, 1.54) is 26.5 Å². The SMILES string of the molecule is COc1ccc(Cn2nnnc2/C=C/c2c(N3CCC[C@@H](OC(=O)NCc4cccc[n+]4CC(=O)[O-])C3)nc3cc(C(=O)Nc4nc(C(C)(C)C)cs4)ccn3c2=O)cc1. The molecule has 1 aliphatic rings. The second-order valence-corrected chi connectivity index (χ2v) is 15.9. The van der Waals surface area contributed by atoms with Gasteiger partial charge in [-0.1, -0.05) is 39.0 Å². The van der Waals surface area contributed by atoms with Crippen molar-refractivity contribution in [2.45, 2.75) is 64.8 Å². The fraction of sp³-hybridized carbons (Fsp3) is 0.317. The minimum atomic E-state index is -1.26. The monoisotopic (exact) mass is 833 g/mol. The van der Waals surface area contributed by atoms with Crippen LogP contribution < -0.4 is 35.5 Å². The Hall–Kier alpha value is -7.02. The summed E-state index contributed by atoms with van der Waals surface area (Å²) in [6.07, 6.45) is 6.24. The summed E-state index contributed by atoms with van der Waals surface area (Å²) in [7, 11) is 1.60. The molecule has 0 aliphatic carbocycles. The van der Waals surface area contributed by atoms with E-state index < -0.39 is 29.6 Å². The molecule has 0 unspecified atom stereocenters. The lowest BCUT2D eigenvalue weighted by atomic mass is 9.93. The molecule has 6 aromatic rings. The number of alkyl carbamates (subject to hydrolysis) is 1. The number of amides is 2. The number of thiazole rings is 1. The van der Waals surface area contributed by atoms with Gasteiger partial charge in [0.25, 0.3) is 11.5 Å². The minimum absolute atomic E-state index is 0.0233. The highest BCUT2D eigenvalue weighted by molar-refractivity contribution is 7.14. The zero-order chi connectivity index (χ0) is 42.4. The highest BCUT2D eigenvalue weighted by Gasteiger charge is 2.28. The van der Waals surface area contributed by atoms with Gasteiger partial charge in [-0.15, -0.1) is 16.4 Å². The first-order valence-corrected chi connectivity index (χ1v) is 20.0. The van der Waals surface area contributed by atoms with E-state index in [-0.39, 0.29) is 41.8 Å². The number of aliphatic carboxylic acids is 1. The normalized spacial score (nSPS) is 14.3. The summed E-state index contributed by atoms with van der Waals surface area (Å²) in [4.78, 5) is 63.4. The molecule has 0 saturated carbocycles. The molecule has 310 valence electrons. The molecule has 5 aromatic heterocycles. The number of tetrazole rings is 1. The van der Waals surface area contributed by atoms with Gasteiger partial charge in [-0.25, -0.2) is 19.4 Å². The third-order valence-corrected chi connectivity index (χ3v) is 10.5. The maximum absolute atomic E-state index is 14.4. The molecule has 19 heteroatoms. The number of hydrogen-bond acceptors (Lipinski definition) is 14. The fourth-order valence-electron chi connectivity index (χ4n) is 6.57. The molecule has 0 spiro atoms. The van der Waals surface area contributed by atoms with Gasteiger partial charge in [-0.3, -0.25) is 19.3 Å². The number of hydrogen-bond donors (Lipinski definition) is 2. The summed E-state index contributed by atoms with van der Waals surface area (Å²) in [5, 5.41) is 31.3. The van der Waals surface area contributed by atoms with Crippen LogP contribution in [0.4, 0.5) is 15.7 Å². The van der Waals surface area contributed by atoms with Crippen LogP contribution >= 0.6 is 11.3 Å². The lowest BCUT2D eigenvalue weighted by Crippen LogP contribution is -2.48. The number of anilines is 2. The maximum Gasteiger partial charge on any atom is 0.407 e. The zero-order valence-corrected chi connectivity index (χ0v) is 34.2. The number of piperidine rings is 1. The van der Waals surface area contributed by atoms with Gasteiger partial charge in [0.15, 0.2) is 23.7 Å². The Morgan fingerprint density at radius 1 is 1.08 bits per heavy atom. The molecular formula is C41H43N11O7S. The summed E-state index contributed by atoms with van der Waals surface area (Å²) >= 11 is 1.33. The van der Waals surface area contributed by atoms with Crippen molar-refractivity contribution in [3.63, 3.8) is 0 Å². The molecule has 6 heterocycles. The van der Waals surface area contributed by atoms with Crippen molar-refractivity contribution < 1.29 is 33.5 Å². The molecule has 2 N–H and O–H groups in total. The summed E-state index contributed by atoms with van der Waals surface area (Å²) < 4.78 is 15.5. The Morgan fingerprint density at radius 2 is 1.90 bits per heavy atom. The molecule has 1 atom stereocenters. The molecule has 1 fully saturated rings. The van der Waals surface area contributed by atoms with E-state index in [0.29, 0.717) is 48.4 Å². The molecule has 60 heavy (non-hydrogen) atoms. The van der Waals surface area contributed by atoms with Crippen LogP contribution in [-0.4, -0.2) is 78.8 Å². The number of ether oxygens (including phenoxy) is 2. The van der Waals surface area contributed by atoms with Gasteiger partial charge < -0.3 is 29.6 Å². The smallest absolute Gasteiger partial charge is 0.407 e. The number of nitrogens with zero attached hydrogens (tertiary/aromatic N) is 9. The number of carboxylic acids is 1. The highest BCUT2D eigenvalue weighted by Crippen LogP contribution is 2.28. The number of methoxy groups -OCH3 is 1. The van der Waals surface area contributed by atoms with Crippen molar-refractivity contribution in [2.24, 2.45) is 0 Å². The molecule has 1 aliphatic heterocycles. The first-order chi connectivity index (χ1) is 28.8. The predicted octanol–water partition coefficient (Wildman–Crippen LogP) is 2.85. The molecular weight excluding hydrogens is 791 g/mol. The summed E-state index contributed by atoms with van der Waals surface area (Å²) in [5.74, 6) is -0.240. The average molecular weight is 834 g/mol. The first kappa shape index (κ1) is 41.2. The Bertz CT molecular complexity index is 2610. The number of pyridine rings is 2. The van der Waals surface area contributed by atoms with Crippen LogP contribution in [0.3, 0.4) is 0 Å². The number of carbonyl (C=O) groups excluding carboxylic acids is 3. The van der Waals surface area contributed by atoms with E-state index in [9.17, 15) is 24.3 Å². The Morgan fingerprint density at radius 3 is 2.65 bits per heavy atom. The summed E-state index contributed by atoms with van der Waals surface area (Å²) in [5.41, 5.74) is 2.47. The number of aromatic nitrogens is 8. The van der Waals surface area contributed by atoms with Gasteiger partial charge in [0, 0.05) is 41.2 Å². The van der Waals surface area contributed by atoms with Crippen LogP contribution in [-0.2, 0) is 34.6 Å². The second-order valence-electron chi connectivity index (χ2n) is 15.1. The van der Waals surface area contributed by atoms with E-state index in [0.717, 1.165) is 17.0 Å². The number of carboxylic acid groups (broad SMARTS) is 1. The van der Waals surface area contributed by atoms with Crippen LogP contribution in [0.5, 0.6) is 5.75 Å². The second kappa shape index (κ2) is 17.9. The lowest BCUT2D eigenvalue weighted by molar-refractivity contribution is -0.698. The van der Waals surface area contributed by atoms with Gasteiger partial charge in [0.05, 0.1) is 31.5 Å². The Balaban J connectivity index is 1.16. The largest absolute Gasteiger partial charge is 0.544 e. The number of fused-ring (bicyclic) bond motifs is 1.